The highest BCUT2D eigenvalue weighted by atomic mass is 127. The van der Waals surface area contributed by atoms with Crippen molar-refractivity contribution in [3.8, 4) is 0 Å². The van der Waals surface area contributed by atoms with E-state index in [9.17, 15) is 4.79 Å². The van der Waals surface area contributed by atoms with Gasteiger partial charge in [0.05, 0.1) is 6.61 Å². The summed E-state index contributed by atoms with van der Waals surface area (Å²) < 4.78 is 5.30. The summed E-state index contributed by atoms with van der Waals surface area (Å²) in [6, 6.07) is 0. The third-order valence-electron chi connectivity index (χ3n) is 5.11. The van der Waals surface area contributed by atoms with E-state index in [1.54, 1.807) is 0 Å². The van der Waals surface area contributed by atoms with Crippen molar-refractivity contribution in [1.29, 1.82) is 0 Å². The molecule has 0 aromatic carbocycles. The number of ether oxygens (including phenoxy) is 1. The van der Waals surface area contributed by atoms with Crippen molar-refractivity contribution in [2.24, 2.45) is 0 Å². The summed E-state index contributed by atoms with van der Waals surface area (Å²) in [5.41, 5.74) is 0. The highest BCUT2D eigenvalue weighted by Crippen LogP contribution is 2.14. The van der Waals surface area contributed by atoms with Crippen molar-refractivity contribution >= 4 is 28.6 Å². The van der Waals surface area contributed by atoms with Gasteiger partial charge in [0.15, 0.2) is 0 Å². The third kappa shape index (κ3) is 19.0. The molecule has 26 heavy (non-hydrogen) atoms. The summed E-state index contributed by atoms with van der Waals surface area (Å²) in [5.74, 6) is -0.0374. The first-order chi connectivity index (χ1) is 12.7. The van der Waals surface area contributed by atoms with E-state index < -0.39 is 0 Å². The Morgan fingerprint density at radius 2 is 1.00 bits per heavy atom. The van der Waals surface area contributed by atoms with Crippen LogP contribution in [0.5, 0.6) is 0 Å². The Bertz CT molecular complexity index is 294. The van der Waals surface area contributed by atoms with Gasteiger partial charge in [-0.05, 0) is 12.8 Å². The Morgan fingerprint density at radius 1 is 0.654 bits per heavy atom. The van der Waals surface area contributed by atoms with E-state index in [-0.39, 0.29) is 9.89 Å². The van der Waals surface area contributed by atoms with Gasteiger partial charge in [0, 0.05) is 0 Å². The highest BCUT2D eigenvalue weighted by Gasteiger charge is 2.12. The zero-order valence-corrected chi connectivity index (χ0v) is 19.9. The van der Waals surface area contributed by atoms with Crippen molar-refractivity contribution in [3.05, 3.63) is 0 Å². The van der Waals surface area contributed by atoms with E-state index in [0.29, 0.717) is 6.61 Å². The minimum absolute atomic E-state index is 0.0263. The van der Waals surface area contributed by atoms with E-state index >= 15 is 0 Å². The van der Waals surface area contributed by atoms with Crippen LogP contribution in [0, 0.1) is 0 Å². The molecule has 0 heterocycles. The quantitative estimate of drug-likeness (QED) is 0.0757. The fourth-order valence-electron chi connectivity index (χ4n) is 3.26. The van der Waals surface area contributed by atoms with Crippen molar-refractivity contribution in [2.75, 3.05) is 6.61 Å². The van der Waals surface area contributed by atoms with Crippen LogP contribution in [0.3, 0.4) is 0 Å². The molecule has 0 fully saturated rings. The van der Waals surface area contributed by atoms with Gasteiger partial charge in [-0.3, -0.25) is 4.79 Å². The van der Waals surface area contributed by atoms with Gasteiger partial charge >= 0.3 is 5.97 Å². The van der Waals surface area contributed by atoms with Crippen LogP contribution in [0.25, 0.3) is 0 Å². The molecule has 1 unspecified atom stereocenters. The second kappa shape index (κ2) is 21.5. The van der Waals surface area contributed by atoms with Gasteiger partial charge in [0.2, 0.25) is 0 Å². The number of hydrogen-bond donors (Lipinski definition) is 0. The Hall–Kier alpha value is 0.200. The Kier molecular flexibility index (Phi) is 21.7. The van der Waals surface area contributed by atoms with Gasteiger partial charge in [-0.2, -0.15) is 0 Å². The predicted octanol–water partition coefficient (Wildman–Crippen LogP) is 8.39. The average Bonchev–Trinajstić information content (AvgIpc) is 2.66. The van der Waals surface area contributed by atoms with Crippen molar-refractivity contribution in [1.82, 2.24) is 0 Å². The minimum Gasteiger partial charge on any atom is -0.465 e. The summed E-state index contributed by atoms with van der Waals surface area (Å²) in [6.07, 6.45) is 24.3. The molecular formula is C23H45IO2. The monoisotopic (exact) mass is 480 g/mol. The van der Waals surface area contributed by atoms with Crippen LogP contribution >= 0.6 is 22.6 Å². The number of carbonyl (C=O) groups is 1. The second-order valence-electron chi connectivity index (χ2n) is 7.70. The molecule has 2 nitrogen and oxygen atoms in total. The number of halogens is 1. The molecule has 0 spiro atoms. The summed E-state index contributed by atoms with van der Waals surface area (Å²) in [6.45, 7) is 4.92. The van der Waals surface area contributed by atoms with Crippen LogP contribution in [0.15, 0.2) is 0 Å². The van der Waals surface area contributed by atoms with Crippen molar-refractivity contribution in [2.45, 2.75) is 133 Å². The molecule has 0 aliphatic rings. The lowest BCUT2D eigenvalue weighted by molar-refractivity contribution is -0.142. The summed E-state index contributed by atoms with van der Waals surface area (Å²) in [5, 5.41) is 0. The van der Waals surface area contributed by atoms with Gasteiger partial charge in [-0.15, -0.1) is 0 Å². The van der Waals surface area contributed by atoms with E-state index in [1.807, 2.05) is 6.92 Å². The van der Waals surface area contributed by atoms with Crippen LogP contribution in [0.2, 0.25) is 0 Å². The maximum atomic E-state index is 11.5. The normalized spacial score (nSPS) is 12.3. The number of esters is 1. The zero-order valence-electron chi connectivity index (χ0n) is 17.7. The molecular weight excluding hydrogens is 435 g/mol. The van der Waals surface area contributed by atoms with Gasteiger partial charge < -0.3 is 4.74 Å². The molecule has 0 radical (unpaired) electrons. The lowest BCUT2D eigenvalue weighted by Gasteiger charge is -2.08. The first-order valence-electron chi connectivity index (χ1n) is 11.5. The first-order valence-corrected chi connectivity index (χ1v) is 12.8. The topological polar surface area (TPSA) is 26.3 Å². The molecule has 0 bridgehead atoms. The number of carbonyl (C=O) groups excluding carboxylic acids is 1. The number of alkyl halides is 1. The molecule has 0 N–H and O–H groups in total. The van der Waals surface area contributed by atoms with Gasteiger partial charge in [0.1, 0.15) is 3.92 Å². The van der Waals surface area contributed by atoms with Crippen molar-refractivity contribution in [3.63, 3.8) is 0 Å². The molecule has 0 saturated heterocycles. The van der Waals surface area contributed by atoms with Gasteiger partial charge in [-0.1, -0.05) is 139 Å². The molecule has 0 amide bonds. The molecule has 3 heteroatoms. The van der Waals surface area contributed by atoms with E-state index in [1.165, 1.54) is 103 Å². The Labute approximate surface area is 177 Å². The van der Waals surface area contributed by atoms with Crippen molar-refractivity contribution < 1.29 is 9.53 Å². The smallest absolute Gasteiger partial charge is 0.318 e. The van der Waals surface area contributed by atoms with Crippen LogP contribution in [-0.4, -0.2) is 16.5 Å². The fraction of sp³-hybridized carbons (Fsp3) is 0.957. The summed E-state index contributed by atoms with van der Waals surface area (Å²) in [4.78, 5) is 11.5. The molecule has 0 aromatic heterocycles. The summed E-state index contributed by atoms with van der Waals surface area (Å²) >= 11 is 2.16. The minimum atomic E-state index is -0.0374. The van der Waals surface area contributed by atoms with Gasteiger partial charge in [-0.25, -0.2) is 0 Å². The maximum Gasteiger partial charge on any atom is 0.318 e. The molecule has 0 aromatic rings. The van der Waals surface area contributed by atoms with Crippen LogP contribution in [0.1, 0.15) is 129 Å². The third-order valence-corrected chi connectivity index (χ3v) is 6.50. The van der Waals surface area contributed by atoms with E-state index in [2.05, 4.69) is 29.5 Å². The molecule has 0 aliphatic carbocycles. The second-order valence-corrected chi connectivity index (χ2v) is 9.20. The molecule has 0 rings (SSSR count). The number of rotatable bonds is 20. The van der Waals surface area contributed by atoms with Gasteiger partial charge in [0.25, 0.3) is 0 Å². The number of hydrogen-bond acceptors (Lipinski definition) is 2. The number of unbranched alkanes of at least 4 members (excludes halogenated alkanes) is 16. The van der Waals surface area contributed by atoms with E-state index in [4.69, 9.17) is 4.74 Å². The summed E-state index contributed by atoms with van der Waals surface area (Å²) in [7, 11) is 0. The first kappa shape index (κ1) is 26.2. The molecule has 156 valence electrons. The Balaban J connectivity index is 3.08. The largest absolute Gasteiger partial charge is 0.465 e. The Morgan fingerprint density at radius 3 is 1.35 bits per heavy atom. The highest BCUT2D eigenvalue weighted by molar-refractivity contribution is 14.1. The van der Waals surface area contributed by atoms with Crippen LogP contribution in [-0.2, 0) is 9.53 Å². The average molecular weight is 481 g/mol. The zero-order chi connectivity index (χ0) is 19.3. The lowest BCUT2D eigenvalue weighted by atomic mass is 10.0. The van der Waals surface area contributed by atoms with Crippen LogP contribution < -0.4 is 0 Å². The maximum absolute atomic E-state index is 11.5. The van der Waals surface area contributed by atoms with Crippen LogP contribution in [0.4, 0.5) is 0 Å². The predicted molar refractivity (Wildman–Crippen MR) is 123 cm³/mol. The lowest BCUT2D eigenvalue weighted by Crippen LogP contribution is -2.16. The fourth-order valence-corrected chi connectivity index (χ4v) is 3.44. The SMILES string of the molecule is CCCCCCCCCCCCCCCCCCCOC(=O)C(I)CC. The van der Waals surface area contributed by atoms with E-state index in [0.717, 1.165) is 12.8 Å². The standard InChI is InChI=1S/C23H45IO2/c1-3-5-6-7-8-9-10-11-12-13-14-15-16-17-18-19-20-21-26-23(25)22(24)4-2/h22H,3-21H2,1-2H3. The molecule has 0 aliphatic heterocycles. The molecule has 0 saturated carbocycles. The molecule has 1 atom stereocenters.